The highest BCUT2D eigenvalue weighted by Crippen LogP contribution is 2.23. The summed E-state index contributed by atoms with van der Waals surface area (Å²) < 4.78 is 0. The lowest BCUT2D eigenvalue weighted by Gasteiger charge is -2.03. The van der Waals surface area contributed by atoms with E-state index in [9.17, 15) is 10.1 Å². The Balaban J connectivity index is 2.36. The molecule has 1 aromatic heterocycles. The van der Waals surface area contributed by atoms with Crippen molar-refractivity contribution in [3.05, 3.63) is 64.0 Å². The minimum atomic E-state index is -0.422. The number of nitro benzene ring substituents is 1. The van der Waals surface area contributed by atoms with Crippen LogP contribution in [0.5, 0.6) is 0 Å². The summed E-state index contributed by atoms with van der Waals surface area (Å²) in [6, 6.07) is 10.2. The first kappa shape index (κ1) is 11.1. The summed E-state index contributed by atoms with van der Waals surface area (Å²) in [6.07, 6.45) is 2.09. The second-order valence-corrected chi connectivity index (χ2v) is 3.64. The molecule has 0 spiro atoms. The molecule has 2 aromatic rings. The molecule has 17 heavy (non-hydrogen) atoms. The molecule has 1 aromatic carbocycles. The Labute approximate surface area is 98.1 Å². The highest BCUT2D eigenvalue weighted by Gasteiger charge is 2.14. The largest absolute Gasteiger partial charge is 0.399 e. The van der Waals surface area contributed by atoms with Gasteiger partial charge in [-0.2, -0.15) is 0 Å². The van der Waals surface area contributed by atoms with E-state index >= 15 is 0 Å². The van der Waals surface area contributed by atoms with Gasteiger partial charge in [0.15, 0.2) is 0 Å². The third-order valence-electron chi connectivity index (χ3n) is 2.40. The van der Waals surface area contributed by atoms with E-state index < -0.39 is 4.92 Å². The molecule has 2 N–H and O–H groups in total. The van der Waals surface area contributed by atoms with E-state index in [2.05, 4.69) is 4.98 Å². The second-order valence-electron chi connectivity index (χ2n) is 3.64. The van der Waals surface area contributed by atoms with Crippen LogP contribution in [0.15, 0.2) is 42.6 Å². The Kier molecular flexibility index (Phi) is 3.00. The van der Waals surface area contributed by atoms with Crippen molar-refractivity contribution in [1.82, 2.24) is 4.98 Å². The fourth-order valence-electron chi connectivity index (χ4n) is 1.60. The second kappa shape index (κ2) is 4.61. The molecule has 0 aliphatic carbocycles. The molecule has 0 aliphatic heterocycles. The summed E-state index contributed by atoms with van der Waals surface area (Å²) >= 11 is 0. The molecule has 2 rings (SSSR count). The fourth-order valence-corrected chi connectivity index (χ4v) is 1.60. The first-order valence-electron chi connectivity index (χ1n) is 5.09. The van der Waals surface area contributed by atoms with Crippen LogP contribution < -0.4 is 5.73 Å². The van der Waals surface area contributed by atoms with Gasteiger partial charge in [0.05, 0.1) is 4.92 Å². The quantitative estimate of drug-likeness (QED) is 0.496. The Morgan fingerprint density at radius 1 is 1.29 bits per heavy atom. The predicted molar refractivity (Wildman–Crippen MR) is 64.6 cm³/mol. The zero-order valence-corrected chi connectivity index (χ0v) is 9.04. The van der Waals surface area contributed by atoms with Crippen LogP contribution in [-0.2, 0) is 6.42 Å². The van der Waals surface area contributed by atoms with Crippen LogP contribution >= 0.6 is 0 Å². The van der Waals surface area contributed by atoms with Crippen molar-refractivity contribution in [3.63, 3.8) is 0 Å². The van der Waals surface area contributed by atoms with Crippen molar-refractivity contribution >= 4 is 11.4 Å². The molecule has 5 nitrogen and oxygen atoms in total. The minimum absolute atomic E-state index is 0.0376. The van der Waals surface area contributed by atoms with Gasteiger partial charge in [-0.25, -0.2) is 0 Å². The molecule has 5 heteroatoms. The number of rotatable bonds is 3. The third kappa shape index (κ3) is 2.57. The van der Waals surface area contributed by atoms with E-state index in [0.29, 0.717) is 17.7 Å². The molecule has 0 radical (unpaired) electrons. The Bertz CT molecular complexity index is 541. The van der Waals surface area contributed by atoms with Crippen LogP contribution in [0.25, 0.3) is 0 Å². The van der Waals surface area contributed by atoms with Crippen molar-refractivity contribution < 1.29 is 4.92 Å². The minimum Gasteiger partial charge on any atom is -0.399 e. The lowest BCUT2D eigenvalue weighted by atomic mass is 10.1. The maximum atomic E-state index is 10.9. The van der Waals surface area contributed by atoms with Crippen LogP contribution in [0, 0.1) is 10.1 Å². The zero-order valence-electron chi connectivity index (χ0n) is 9.04. The van der Waals surface area contributed by atoms with Crippen molar-refractivity contribution in [2.75, 3.05) is 5.73 Å². The zero-order chi connectivity index (χ0) is 12.3. The van der Waals surface area contributed by atoms with Crippen LogP contribution in [-0.4, -0.2) is 9.91 Å². The van der Waals surface area contributed by atoms with Gasteiger partial charge in [-0.05, 0) is 24.3 Å². The molecule has 86 valence electrons. The summed E-state index contributed by atoms with van der Waals surface area (Å²) in [5, 5.41) is 10.9. The summed E-state index contributed by atoms with van der Waals surface area (Å²) in [5.41, 5.74) is 7.37. The van der Waals surface area contributed by atoms with Crippen molar-refractivity contribution in [2.24, 2.45) is 0 Å². The molecule has 0 aliphatic rings. The molecule has 1 heterocycles. The van der Waals surface area contributed by atoms with Gasteiger partial charge < -0.3 is 5.73 Å². The topological polar surface area (TPSA) is 82.0 Å². The third-order valence-corrected chi connectivity index (χ3v) is 2.40. The number of pyridine rings is 1. The molecule has 0 saturated carbocycles. The number of hydrogen-bond donors (Lipinski definition) is 1. The van der Waals surface area contributed by atoms with Gasteiger partial charge in [0.25, 0.3) is 5.69 Å². The van der Waals surface area contributed by atoms with Gasteiger partial charge in [0.2, 0.25) is 0 Å². The smallest absolute Gasteiger partial charge is 0.275 e. The molecular formula is C12H11N3O2. The monoisotopic (exact) mass is 229 g/mol. The predicted octanol–water partition coefficient (Wildman–Crippen LogP) is 2.16. The summed E-state index contributed by atoms with van der Waals surface area (Å²) in [7, 11) is 0. The molecule has 0 saturated heterocycles. The van der Waals surface area contributed by atoms with Gasteiger partial charge >= 0.3 is 0 Å². The van der Waals surface area contributed by atoms with E-state index in [1.165, 1.54) is 6.07 Å². The average Bonchev–Trinajstić information content (AvgIpc) is 2.32. The van der Waals surface area contributed by atoms with Crippen molar-refractivity contribution in [1.29, 1.82) is 0 Å². The molecular weight excluding hydrogens is 218 g/mol. The van der Waals surface area contributed by atoms with E-state index in [1.54, 1.807) is 24.4 Å². The number of nitrogens with two attached hydrogens (primary N) is 1. The molecule has 0 fully saturated rings. The number of aromatic nitrogens is 1. The summed E-state index contributed by atoms with van der Waals surface area (Å²) in [6.45, 7) is 0. The molecule has 0 unspecified atom stereocenters. The lowest BCUT2D eigenvalue weighted by Crippen LogP contribution is -1.99. The van der Waals surface area contributed by atoms with E-state index in [1.807, 2.05) is 12.1 Å². The van der Waals surface area contributed by atoms with Gasteiger partial charge in [-0.3, -0.25) is 15.1 Å². The number of nitrogens with zero attached hydrogens (tertiary/aromatic N) is 2. The van der Waals surface area contributed by atoms with E-state index in [0.717, 1.165) is 5.69 Å². The number of anilines is 1. The SMILES string of the molecule is Nc1ccc(Cc2ccccn2)c([N+](=O)[O-])c1. The van der Waals surface area contributed by atoms with Gasteiger partial charge in [0.1, 0.15) is 0 Å². The maximum absolute atomic E-state index is 10.9. The molecule has 0 bridgehead atoms. The first-order chi connectivity index (χ1) is 8.16. The number of nitrogen functional groups attached to an aromatic ring is 1. The van der Waals surface area contributed by atoms with Crippen LogP contribution in [0.4, 0.5) is 11.4 Å². The van der Waals surface area contributed by atoms with E-state index in [4.69, 9.17) is 5.73 Å². The Morgan fingerprint density at radius 3 is 2.76 bits per heavy atom. The van der Waals surface area contributed by atoms with Crippen LogP contribution in [0.3, 0.4) is 0 Å². The van der Waals surface area contributed by atoms with Crippen LogP contribution in [0.1, 0.15) is 11.3 Å². The maximum Gasteiger partial charge on any atom is 0.275 e. The van der Waals surface area contributed by atoms with E-state index in [-0.39, 0.29) is 5.69 Å². The Hall–Kier alpha value is -2.43. The lowest BCUT2D eigenvalue weighted by molar-refractivity contribution is -0.385. The van der Waals surface area contributed by atoms with Gasteiger partial charge in [-0.15, -0.1) is 0 Å². The Morgan fingerprint density at radius 2 is 2.12 bits per heavy atom. The van der Waals surface area contributed by atoms with Crippen LogP contribution in [0.2, 0.25) is 0 Å². The average molecular weight is 229 g/mol. The highest BCUT2D eigenvalue weighted by molar-refractivity contribution is 5.53. The normalized spacial score (nSPS) is 10.1. The molecule has 0 atom stereocenters. The first-order valence-corrected chi connectivity index (χ1v) is 5.09. The summed E-state index contributed by atoms with van der Waals surface area (Å²) in [4.78, 5) is 14.6. The van der Waals surface area contributed by atoms with Crippen molar-refractivity contribution in [2.45, 2.75) is 6.42 Å². The van der Waals surface area contributed by atoms with Gasteiger partial charge in [0, 0.05) is 35.6 Å². The fraction of sp³-hybridized carbons (Fsp3) is 0.0833. The number of nitro groups is 1. The van der Waals surface area contributed by atoms with Gasteiger partial charge in [-0.1, -0.05) is 6.07 Å². The number of hydrogen-bond acceptors (Lipinski definition) is 4. The van der Waals surface area contributed by atoms with Crippen molar-refractivity contribution in [3.8, 4) is 0 Å². The summed E-state index contributed by atoms with van der Waals surface area (Å²) in [5.74, 6) is 0. The standard InChI is InChI=1S/C12H11N3O2/c13-10-5-4-9(12(8-10)15(16)17)7-11-3-1-2-6-14-11/h1-6,8H,7,13H2. The number of benzene rings is 1. The molecule has 0 amide bonds. The highest BCUT2D eigenvalue weighted by atomic mass is 16.6.